The highest BCUT2D eigenvalue weighted by Crippen LogP contribution is 2.22. The zero-order valence-corrected chi connectivity index (χ0v) is 17.2. The fourth-order valence-corrected chi connectivity index (χ4v) is 3.29. The molecule has 0 unspecified atom stereocenters. The highest BCUT2D eigenvalue weighted by Gasteiger charge is 2.14. The number of anilines is 2. The third kappa shape index (κ3) is 6.08. The second-order valence-corrected chi connectivity index (χ2v) is 7.44. The Morgan fingerprint density at radius 3 is 2.00 bits per heavy atom. The normalized spacial score (nSPS) is 10.8. The van der Waals surface area contributed by atoms with Crippen molar-refractivity contribution < 1.29 is 9.59 Å². The van der Waals surface area contributed by atoms with Crippen molar-refractivity contribution >= 4 is 34.8 Å². The first-order valence-corrected chi connectivity index (χ1v) is 9.15. The molecule has 0 heterocycles. The molecule has 0 aliphatic carbocycles. The molecular formula is C21H26ClN3O2. The van der Waals surface area contributed by atoms with Gasteiger partial charge >= 0.3 is 0 Å². The quantitative estimate of drug-likeness (QED) is 0.785. The van der Waals surface area contributed by atoms with Crippen LogP contribution in [0, 0.1) is 27.7 Å². The van der Waals surface area contributed by atoms with Gasteiger partial charge in [-0.15, -0.1) is 0 Å². The molecule has 5 nitrogen and oxygen atoms in total. The number of hydrogen-bond acceptors (Lipinski definition) is 3. The summed E-state index contributed by atoms with van der Waals surface area (Å²) in [5, 5.41) is 6.42. The molecule has 0 spiro atoms. The second-order valence-electron chi connectivity index (χ2n) is 7.00. The summed E-state index contributed by atoms with van der Waals surface area (Å²) in [5.41, 5.74) is 5.66. The Kier molecular flexibility index (Phi) is 6.99. The molecular weight excluding hydrogens is 362 g/mol. The molecule has 2 aromatic carbocycles. The van der Waals surface area contributed by atoms with Gasteiger partial charge in [-0.25, -0.2) is 0 Å². The van der Waals surface area contributed by atoms with Crippen molar-refractivity contribution in [1.82, 2.24) is 4.90 Å². The molecule has 0 saturated carbocycles. The fourth-order valence-electron chi connectivity index (χ4n) is 3.06. The minimum atomic E-state index is -0.182. The van der Waals surface area contributed by atoms with E-state index in [2.05, 4.69) is 10.6 Å². The molecule has 27 heavy (non-hydrogen) atoms. The van der Waals surface area contributed by atoms with Crippen LogP contribution in [0.3, 0.4) is 0 Å². The maximum atomic E-state index is 12.3. The molecule has 2 amide bonds. The molecule has 0 aliphatic heterocycles. The Hall–Kier alpha value is -2.37. The predicted octanol–water partition coefficient (Wildman–Crippen LogP) is 4.08. The van der Waals surface area contributed by atoms with Crippen molar-refractivity contribution in [2.24, 2.45) is 0 Å². The van der Waals surface area contributed by atoms with Crippen LogP contribution in [0.2, 0.25) is 5.02 Å². The Bertz CT molecular complexity index is 841. The van der Waals surface area contributed by atoms with Crippen LogP contribution in [0.15, 0.2) is 30.3 Å². The molecule has 144 valence electrons. The number of hydrogen-bond donors (Lipinski definition) is 2. The average molecular weight is 388 g/mol. The summed E-state index contributed by atoms with van der Waals surface area (Å²) in [6, 6.07) is 9.36. The van der Waals surface area contributed by atoms with Gasteiger partial charge in [-0.3, -0.25) is 14.5 Å². The summed E-state index contributed by atoms with van der Waals surface area (Å²) < 4.78 is 0. The SMILES string of the molecule is Cc1cc(C)c(NC(=O)CN(C)CC(=O)Nc2ccc(Cl)cc2C)c(C)c1. The molecule has 0 atom stereocenters. The van der Waals surface area contributed by atoms with E-state index in [1.54, 1.807) is 30.1 Å². The summed E-state index contributed by atoms with van der Waals surface area (Å²) >= 11 is 5.93. The van der Waals surface area contributed by atoms with E-state index in [0.717, 1.165) is 27.9 Å². The molecule has 0 bridgehead atoms. The lowest BCUT2D eigenvalue weighted by molar-refractivity contribution is -0.119. The van der Waals surface area contributed by atoms with E-state index in [-0.39, 0.29) is 24.9 Å². The molecule has 2 aromatic rings. The summed E-state index contributed by atoms with van der Waals surface area (Å²) in [6.45, 7) is 8.09. The molecule has 2 N–H and O–H groups in total. The first-order valence-electron chi connectivity index (χ1n) is 8.78. The van der Waals surface area contributed by atoms with Gasteiger partial charge in [0.15, 0.2) is 0 Å². The second kappa shape index (κ2) is 9.02. The number of amides is 2. The monoisotopic (exact) mass is 387 g/mol. The third-order valence-corrected chi connectivity index (χ3v) is 4.47. The van der Waals surface area contributed by atoms with Crippen LogP contribution in [0.25, 0.3) is 0 Å². The van der Waals surface area contributed by atoms with Crippen molar-refractivity contribution in [3.8, 4) is 0 Å². The van der Waals surface area contributed by atoms with E-state index in [4.69, 9.17) is 11.6 Å². The molecule has 0 radical (unpaired) electrons. The van der Waals surface area contributed by atoms with Crippen molar-refractivity contribution in [3.05, 3.63) is 57.6 Å². The number of aryl methyl sites for hydroxylation is 4. The lowest BCUT2D eigenvalue weighted by atomic mass is 10.1. The van der Waals surface area contributed by atoms with Crippen LogP contribution in [0.5, 0.6) is 0 Å². The summed E-state index contributed by atoms with van der Waals surface area (Å²) in [5.74, 6) is -0.332. The van der Waals surface area contributed by atoms with E-state index < -0.39 is 0 Å². The molecule has 0 saturated heterocycles. The van der Waals surface area contributed by atoms with Crippen LogP contribution < -0.4 is 10.6 Å². The molecule has 0 fully saturated rings. The average Bonchev–Trinajstić information content (AvgIpc) is 2.53. The minimum absolute atomic E-state index is 0.112. The number of carbonyl (C=O) groups is 2. The molecule has 6 heteroatoms. The van der Waals surface area contributed by atoms with Crippen LogP contribution in [-0.2, 0) is 9.59 Å². The van der Waals surface area contributed by atoms with Crippen molar-refractivity contribution in [3.63, 3.8) is 0 Å². The van der Waals surface area contributed by atoms with E-state index in [1.807, 2.05) is 39.8 Å². The Labute approximate surface area is 165 Å². The van der Waals surface area contributed by atoms with Gasteiger partial charge in [0.1, 0.15) is 0 Å². The minimum Gasteiger partial charge on any atom is -0.325 e. The smallest absolute Gasteiger partial charge is 0.238 e. The Balaban J connectivity index is 1.90. The van der Waals surface area contributed by atoms with Gasteiger partial charge in [-0.05, 0) is 69.6 Å². The summed E-state index contributed by atoms with van der Waals surface area (Å²) in [4.78, 5) is 26.2. The lowest BCUT2D eigenvalue weighted by Gasteiger charge is -2.18. The van der Waals surface area contributed by atoms with Gasteiger partial charge < -0.3 is 10.6 Å². The zero-order chi connectivity index (χ0) is 20.1. The maximum absolute atomic E-state index is 12.3. The van der Waals surface area contributed by atoms with Crippen molar-refractivity contribution in [1.29, 1.82) is 0 Å². The standard InChI is InChI=1S/C21H26ClN3O2/c1-13-8-15(3)21(16(4)9-13)24-20(27)12-25(5)11-19(26)23-18-7-6-17(22)10-14(18)2/h6-10H,11-12H2,1-5H3,(H,23,26)(H,24,27). The molecule has 0 aliphatic rings. The van der Waals surface area contributed by atoms with Crippen LogP contribution in [0.4, 0.5) is 11.4 Å². The largest absolute Gasteiger partial charge is 0.325 e. The van der Waals surface area contributed by atoms with Gasteiger partial charge in [0.05, 0.1) is 13.1 Å². The number of halogens is 1. The van der Waals surface area contributed by atoms with E-state index >= 15 is 0 Å². The van der Waals surface area contributed by atoms with Gasteiger partial charge in [-0.2, -0.15) is 0 Å². The topological polar surface area (TPSA) is 61.4 Å². The number of likely N-dealkylation sites (N-methyl/N-ethyl adjacent to an activating group) is 1. The number of nitrogens with zero attached hydrogens (tertiary/aromatic N) is 1. The van der Waals surface area contributed by atoms with Gasteiger partial charge in [0, 0.05) is 16.4 Å². The van der Waals surface area contributed by atoms with E-state index in [1.165, 1.54) is 0 Å². The van der Waals surface area contributed by atoms with Gasteiger partial charge in [0.2, 0.25) is 11.8 Å². The highest BCUT2D eigenvalue weighted by atomic mass is 35.5. The van der Waals surface area contributed by atoms with Crippen LogP contribution >= 0.6 is 11.6 Å². The summed E-state index contributed by atoms with van der Waals surface area (Å²) in [6.07, 6.45) is 0. The zero-order valence-electron chi connectivity index (χ0n) is 16.4. The number of nitrogens with one attached hydrogen (secondary N) is 2. The highest BCUT2D eigenvalue weighted by molar-refractivity contribution is 6.30. The number of carbonyl (C=O) groups excluding carboxylic acids is 2. The lowest BCUT2D eigenvalue weighted by Crippen LogP contribution is -2.36. The van der Waals surface area contributed by atoms with E-state index in [9.17, 15) is 9.59 Å². The summed E-state index contributed by atoms with van der Waals surface area (Å²) in [7, 11) is 1.74. The molecule has 2 rings (SSSR count). The van der Waals surface area contributed by atoms with E-state index in [0.29, 0.717) is 10.7 Å². The first-order chi connectivity index (χ1) is 12.7. The molecule has 0 aromatic heterocycles. The van der Waals surface area contributed by atoms with Crippen molar-refractivity contribution in [2.45, 2.75) is 27.7 Å². The van der Waals surface area contributed by atoms with Gasteiger partial charge in [-0.1, -0.05) is 29.3 Å². The number of rotatable bonds is 6. The maximum Gasteiger partial charge on any atom is 0.238 e. The van der Waals surface area contributed by atoms with Gasteiger partial charge in [0.25, 0.3) is 0 Å². The fraction of sp³-hybridized carbons (Fsp3) is 0.333. The predicted molar refractivity (Wildman–Crippen MR) is 112 cm³/mol. The van der Waals surface area contributed by atoms with Crippen LogP contribution in [-0.4, -0.2) is 36.9 Å². The van der Waals surface area contributed by atoms with Crippen molar-refractivity contribution in [2.75, 3.05) is 30.8 Å². The van der Waals surface area contributed by atoms with Crippen LogP contribution in [0.1, 0.15) is 22.3 Å². The Morgan fingerprint density at radius 1 is 0.889 bits per heavy atom. The first kappa shape index (κ1) is 20.9. The number of benzene rings is 2. The third-order valence-electron chi connectivity index (χ3n) is 4.23. The Morgan fingerprint density at radius 2 is 1.44 bits per heavy atom.